The molecule has 0 spiro atoms. The fraction of sp³-hybridized carbons (Fsp3) is 0.500. The van der Waals surface area contributed by atoms with Crippen LogP contribution in [0.4, 0.5) is 0 Å². The van der Waals surface area contributed by atoms with Crippen LogP contribution in [0.2, 0.25) is 0 Å². The Morgan fingerprint density at radius 3 is 2.71 bits per heavy atom. The lowest BCUT2D eigenvalue weighted by molar-refractivity contribution is 0.0927. The summed E-state index contributed by atoms with van der Waals surface area (Å²) in [6.07, 6.45) is 1.48. The highest BCUT2D eigenvalue weighted by molar-refractivity contribution is 5.96. The molecule has 0 aliphatic heterocycles. The van der Waals surface area contributed by atoms with E-state index in [0.29, 0.717) is 17.9 Å². The molecule has 0 saturated carbocycles. The lowest BCUT2D eigenvalue weighted by Crippen LogP contribution is -2.37. The third kappa shape index (κ3) is 5.24. The minimum atomic E-state index is -0.0499. The molecular formula is C18H25NO2. The van der Waals surface area contributed by atoms with Gasteiger partial charge in [0.15, 0.2) is 0 Å². The lowest BCUT2D eigenvalue weighted by atomic mass is 9.99. The highest BCUT2D eigenvalue weighted by Crippen LogP contribution is 2.13. The summed E-state index contributed by atoms with van der Waals surface area (Å²) in [5.41, 5.74) is 2.41. The molecule has 0 radical (unpaired) electrons. The van der Waals surface area contributed by atoms with E-state index < -0.39 is 0 Å². The Labute approximate surface area is 127 Å². The molecule has 2 atom stereocenters. The zero-order valence-corrected chi connectivity index (χ0v) is 13.4. The van der Waals surface area contributed by atoms with Crippen LogP contribution in [-0.4, -0.2) is 23.7 Å². The van der Waals surface area contributed by atoms with Gasteiger partial charge in [-0.15, -0.1) is 0 Å². The summed E-state index contributed by atoms with van der Waals surface area (Å²) in [6, 6.07) is 5.77. The molecule has 0 saturated heterocycles. The zero-order valence-electron chi connectivity index (χ0n) is 13.4. The van der Waals surface area contributed by atoms with Crippen molar-refractivity contribution < 1.29 is 9.90 Å². The number of amides is 1. The second-order valence-corrected chi connectivity index (χ2v) is 5.45. The van der Waals surface area contributed by atoms with Gasteiger partial charge in [-0.3, -0.25) is 4.79 Å². The maximum Gasteiger partial charge on any atom is 0.251 e. The van der Waals surface area contributed by atoms with Gasteiger partial charge in [0.05, 0.1) is 6.61 Å². The van der Waals surface area contributed by atoms with Crippen LogP contribution >= 0.6 is 0 Å². The van der Waals surface area contributed by atoms with E-state index in [1.54, 1.807) is 0 Å². The minimum absolute atomic E-state index is 0.0499. The van der Waals surface area contributed by atoms with Crippen LogP contribution in [0.25, 0.3) is 0 Å². The average Bonchev–Trinajstić information content (AvgIpc) is 2.48. The summed E-state index contributed by atoms with van der Waals surface area (Å²) in [7, 11) is 0. The van der Waals surface area contributed by atoms with Gasteiger partial charge in [-0.25, -0.2) is 0 Å². The molecule has 0 fully saturated rings. The third-order valence-corrected chi connectivity index (χ3v) is 3.81. The van der Waals surface area contributed by atoms with Gasteiger partial charge in [-0.2, -0.15) is 0 Å². The summed E-state index contributed by atoms with van der Waals surface area (Å²) >= 11 is 0. The Hall–Kier alpha value is -1.79. The number of benzene rings is 1. The number of aryl methyl sites for hydroxylation is 1. The van der Waals surface area contributed by atoms with E-state index in [-0.39, 0.29) is 18.6 Å². The molecule has 1 amide bonds. The maximum atomic E-state index is 12.4. The highest BCUT2D eigenvalue weighted by Gasteiger charge is 2.16. The number of hydrogen-bond donors (Lipinski definition) is 2. The molecule has 2 unspecified atom stereocenters. The number of aliphatic hydroxyl groups is 1. The molecular weight excluding hydrogens is 262 g/mol. The quantitative estimate of drug-likeness (QED) is 0.818. The first-order valence-corrected chi connectivity index (χ1v) is 7.50. The summed E-state index contributed by atoms with van der Waals surface area (Å²) < 4.78 is 0. The van der Waals surface area contributed by atoms with Gasteiger partial charge in [0.1, 0.15) is 0 Å². The molecule has 0 heterocycles. The number of carbonyl (C=O) groups excluding carboxylic acids is 1. The van der Waals surface area contributed by atoms with Crippen molar-refractivity contribution in [3.8, 4) is 11.8 Å². The smallest absolute Gasteiger partial charge is 0.251 e. The predicted molar refractivity (Wildman–Crippen MR) is 86.1 cm³/mol. The molecule has 1 aromatic rings. The molecule has 2 N–H and O–H groups in total. The van der Waals surface area contributed by atoms with E-state index in [2.05, 4.69) is 31.0 Å². The Kier molecular flexibility index (Phi) is 6.98. The molecule has 0 bridgehead atoms. The van der Waals surface area contributed by atoms with Crippen molar-refractivity contribution in [2.75, 3.05) is 6.61 Å². The van der Waals surface area contributed by atoms with Crippen molar-refractivity contribution in [3.05, 3.63) is 34.9 Å². The Morgan fingerprint density at radius 2 is 2.10 bits per heavy atom. The first-order valence-electron chi connectivity index (χ1n) is 7.50. The van der Waals surface area contributed by atoms with Gasteiger partial charge >= 0.3 is 0 Å². The summed E-state index contributed by atoms with van der Waals surface area (Å²) in [6.45, 7) is 8.27. The standard InChI is InChI=1S/C18H25NO2/c1-5-13(2)15(4)19-18(21)17-12-16(8-6-7-11-20)10-9-14(17)3/h9-10,12-13,15,20H,5,7,11H2,1-4H3,(H,19,21). The maximum absolute atomic E-state index is 12.4. The second kappa shape index (κ2) is 8.49. The predicted octanol–water partition coefficient (Wildman–Crippen LogP) is 2.89. The number of nitrogens with one attached hydrogen (secondary N) is 1. The van der Waals surface area contributed by atoms with Crippen molar-refractivity contribution in [3.63, 3.8) is 0 Å². The van der Waals surface area contributed by atoms with Crippen LogP contribution in [0.15, 0.2) is 18.2 Å². The second-order valence-electron chi connectivity index (χ2n) is 5.45. The van der Waals surface area contributed by atoms with Crippen molar-refractivity contribution in [1.82, 2.24) is 5.32 Å². The minimum Gasteiger partial charge on any atom is -0.395 e. The van der Waals surface area contributed by atoms with E-state index in [1.807, 2.05) is 32.0 Å². The van der Waals surface area contributed by atoms with Crippen molar-refractivity contribution in [2.24, 2.45) is 5.92 Å². The van der Waals surface area contributed by atoms with Gasteiger partial charge in [-0.05, 0) is 37.5 Å². The molecule has 3 nitrogen and oxygen atoms in total. The van der Waals surface area contributed by atoms with Crippen LogP contribution in [0.3, 0.4) is 0 Å². The van der Waals surface area contributed by atoms with Gasteiger partial charge in [0.25, 0.3) is 5.91 Å². The molecule has 1 aromatic carbocycles. The highest BCUT2D eigenvalue weighted by atomic mass is 16.2. The Balaban J connectivity index is 2.89. The van der Waals surface area contributed by atoms with Crippen LogP contribution < -0.4 is 5.32 Å². The van der Waals surface area contributed by atoms with Crippen molar-refractivity contribution >= 4 is 5.91 Å². The molecule has 0 aliphatic carbocycles. The monoisotopic (exact) mass is 287 g/mol. The summed E-state index contributed by atoms with van der Waals surface area (Å²) in [5, 5.41) is 11.8. The van der Waals surface area contributed by atoms with E-state index in [1.165, 1.54) is 0 Å². The normalized spacial score (nSPS) is 13.0. The van der Waals surface area contributed by atoms with Crippen LogP contribution in [0.1, 0.15) is 55.1 Å². The molecule has 21 heavy (non-hydrogen) atoms. The van der Waals surface area contributed by atoms with Gasteiger partial charge in [0, 0.05) is 23.6 Å². The zero-order chi connectivity index (χ0) is 15.8. The van der Waals surface area contributed by atoms with Crippen molar-refractivity contribution in [1.29, 1.82) is 0 Å². The Morgan fingerprint density at radius 1 is 1.38 bits per heavy atom. The SMILES string of the molecule is CCC(C)C(C)NC(=O)c1cc(C#CCCO)ccc1C. The number of aliphatic hydroxyl groups excluding tert-OH is 1. The first-order chi connectivity index (χ1) is 9.99. The first kappa shape index (κ1) is 17.3. The third-order valence-electron chi connectivity index (χ3n) is 3.81. The number of carbonyl (C=O) groups is 1. The fourth-order valence-corrected chi connectivity index (χ4v) is 1.95. The van der Waals surface area contributed by atoms with Crippen LogP contribution in [0, 0.1) is 24.7 Å². The largest absolute Gasteiger partial charge is 0.395 e. The molecule has 0 aliphatic rings. The lowest BCUT2D eigenvalue weighted by Gasteiger charge is -2.20. The molecule has 114 valence electrons. The fourth-order valence-electron chi connectivity index (χ4n) is 1.95. The van der Waals surface area contributed by atoms with Gasteiger partial charge in [0.2, 0.25) is 0 Å². The van der Waals surface area contributed by atoms with Crippen molar-refractivity contribution in [2.45, 2.75) is 46.6 Å². The van der Waals surface area contributed by atoms with Gasteiger partial charge in [-0.1, -0.05) is 38.2 Å². The van der Waals surface area contributed by atoms with E-state index in [9.17, 15) is 4.79 Å². The van der Waals surface area contributed by atoms with Crippen LogP contribution in [-0.2, 0) is 0 Å². The van der Waals surface area contributed by atoms with Gasteiger partial charge < -0.3 is 10.4 Å². The van der Waals surface area contributed by atoms with E-state index in [0.717, 1.165) is 17.5 Å². The van der Waals surface area contributed by atoms with E-state index in [4.69, 9.17) is 5.11 Å². The molecule has 1 rings (SSSR count). The topological polar surface area (TPSA) is 49.3 Å². The molecule has 3 heteroatoms. The number of hydrogen-bond acceptors (Lipinski definition) is 2. The van der Waals surface area contributed by atoms with Crippen LogP contribution in [0.5, 0.6) is 0 Å². The van der Waals surface area contributed by atoms with E-state index >= 15 is 0 Å². The number of rotatable bonds is 5. The summed E-state index contributed by atoms with van der Waals surface area (Å²) in [4.78, 5) is 12.4. The summed E-state index contributed by atoms with van der Waals surface area (Å²) in [5.74, 6) is 6.23. The molecule has 0 aromatic heterocycles. The average molecular weight is 287 g/mol. The Bertz CT molecular complexity index is 540.